The first-order chi connectivity index (χ1) is 10.6. The van der Waals surface area contributed by atoms with Crippen LogP contribution in [0.4, 0.5) is 4.39 Å². The molecule has 1 amide bonds. The number of likely N-dealkylation sites (tertiary alicyclic amines) is 1. The summed E-state index contributed by atoms with van der Waals surface area (Å²) in [5.74, 6) is 0.739. The molecule has 0 spiro atoms. The molecule has 1 fully saturated rings. The summed E-state index contributed by atoms with van der Waals surface area (Å²) in [6.45, 7) is 4.77. The maximum absolute atomic E-state index is 13.2. The van der Waals surface area contributed by atoms with Gasteiger partial charge in [0.2, 0.25) is 5.91 Å². The molecular weight excluding hydrogens is 315 g/mol. The molecule has 1 atom stereocenters. The maximum atomic E-state index is 13.2. The van der Waals surface area contributed by atoms with Gasteiger partial charge < -0.3 is 10.2 Å². The Morgan fingerprint density at radius 2 is 2.09 bits per heavy atom. The largest absolute Gasteiger partial charge is 0.342 e. The van der Waals surface area contributed by atoms with E-state index in [4.69, 9.17) is 0 Å². The minimum atomic E-state index is -0.205. The number of rotatable bonds is 6. The Labute approximate surface area is 145 Å². The summed E-state index contributed by atoms with van der Waals surface area (Å²) in [5.41, 5.74) is 0.965. The van der Waals surface area contributed by atoms with Crippen molar-refractivity contribution in [1.29, 1.82) is 0 Å². The zero-order valence-corrected chi connectivity index (χ0v) is 14.9. The highest BCUT2D eigenvalue weighted by Gasteiger charge is 2.25. The Morgan fingerprint density at radius 1 is 1.39 bits per heavy atom. The minimum absolute atomic E-state index is 0. The Bertz CT molecular complexity index is 490. The molecule has 130 valence electrons. The molecule has 1 aliphatic rings. The van der Waals surface area contributed by atoms with Gasteiger partial charge in [0.15, 0.2) is 0 Å². The number of carbonyl (C=O) groups excluding carboxylic acids is 1. The van der Waals surface area contributed by atoms with E-state index >= 15 is 0 Å². The van der Waals surface area contributed by atoms with Gasteiger partial charge >= 0.3 is 0 Å². The molecule has 1 heterocycles. The van der Waals surface area contributed by atoms with Crippen LogP contribution >= 0.6 is 12.4 Å². The molecule has 1 aromatic rings. The lowest BCUT2D eigenvalue weighted by Crippen LogP contribution is -2.42. The molecule has 0 radical (unpaired) electrons. The molecule has 0 saturated carbocycles. The quantitative estimate of drug-likeness (QED) is 0.860. The fraction of sp³-hybridized carbons (Fsp3) is 0.611. The second-order valence-electron chi connectivity index (χ2n) is 6.40. The van der Waals surface area contributed by atoms with Crippen LogP contribution < -0.4 is 5.32 Å². The predicted molar refractivity (Wildman–Crippen MR) is 94.4 cm³/mol. The van der Waals surface area contributed by atoms with E-state index in [0.717, 1.165) is 50.9 Å². The second-order valence-corrected chi connectivity index (χ2v) is 6.40. The van der Waals surface area contributed by atoms with E-state index in [1.807, 2.05) is 24.9 Å². The maximum Gasteiger partial charge on any atom is 0.225 e. The van der Waals surface area contributed by atoms with Crippen molar-refractivity contribution in [3.63, 3.8) is 0 Å². The van der Waals surface area contributed by atoms with Crippen molar-refractivity contribution in [2.24, 2.45) is 11.8 Å². The van der Waals surface area contributed by atoms with Crippen LogP contribution in [0.5, 0.6) is 0 Å². The van der Waals surface area contributed by atoms with Crippen molar-refractivity contribution in [2.45, 2.75) is 32.6 Å². The topological polar surface area (TPSA) is 32.3 Å². The van der Waals surface area contributed by atoms with Gasteiger partial charge in [0.05, 0.1) is 0 Å². The number of piperidine rings is 1. The summed E-state index contributed by atoms with van der Waals surface area (Å²) < 4.78 is 13.2. The Kier molecular flexibility index (Phi) is 8.56. The van der Waals surface area contributed by atoms with Crippen molar-refractivity contribution >= 4 is 18.3 Å². The molecule has 2 rings (SSSR count). The summed E-state index contributed by atoms with van der Waals surface area (Å²) in [6.07, 6.45) is 3.70. The van der Waals surface area contributed by atoms with Gasteiger partial charge in [-0.1, -0.05) is 19.1 Å². The average Bonchev–Trinajstić information content (AvgIpc) is 2.53. The highest BCUT2D eigenvalue weighted by atomic mass is 35.5. The number of aryl methyl sites for hydroxylation is 1. The van der Waals surface area contributed by atoms with Crippen molar-refractivity contribution in [3.8, 4) is 0 Å². The molecule has 5 heteroatoms. The highest BCUT2D eigenvalue weighted by Crippen LogP contribution is 2.20. The van der Waals surface area contributed by atoms with Crippen LogP contribution in [-0.2, 0) is 11.2 Å². The van der Waals surface area contributed by atoms with E-state index in [0.29, 0.717) is 5.92 Å². The Hall–Kier alpha value is -1.13. The van der Waals surface area contributed by atoms with Gasteiger partial charge in [-0.05, 0) is 62.9 Å². The zero-order chi connectivity index (χ0) is 15.9. The number of amides is 1. The molecule has 23 heavy (non-hydrogen) atoms. The predicted octanol–water partition coefficient (Wildman–Crippen LogP) is 3.27. The lowest BCUT2D eigenvalue weighted by Gasteiger charge is -2.33. The van der Waals surface area contributed by atoms with E-state index < -0.39 is 0 Å². The normalized spacial score (nSPS) is 16.7. The average molecular weight is 343 g/mol. The van der Waals surface area contributed by atoms with Crippen LogP contribution in [0.2, 0.25) is 0 Å². The summed E-state index contributed by atoms with van der Waals surface area (Å²) in [7, 11) is 1.98. The van der Waals surface area contributed by atoms with Crippen molar-refractivity contribution in [3.05, 3.63) is 35.6 Å². The molecule has 0 aromatic heterocycles. The molecule has 1 aliphatic heterocycles. The summed E-state index contributed by atoms with van der Waals surface area (Å²) in [4.78, 5) is 14.5. The van der Waals surface area contributed by atoms with E-state index in [9.17, 15) is 9.18 Å². The SMILES string of the molecule is CNCC1CCN(C(=O)C(C)CCc2cccc(F)c2)CC1.Cl. The number of halogens is 2. The van der Waals surface area contributed by atoms with Crippen LogP contribution in [0.1, 0.15) is 31.7 Å². The van der Waals surface area contributed by atoms with E-state index in [-0.39, 0.29) is 30.0 Å². The van der Waals surface area contributed by atoms with Crippen LogP contribution in [0.15, 0.2) is 24.3 Å². The number of hydrogen-bond acceptors (Lipinski definition) is 2. The van der Waals surface area contributed by atoms with Gasteiger partial charge in [-0.3, -0.25) is 4.79 Å². The molecule has 1 unspecified atom stereocenters. The number of benzene rings is 1. The van der Waals surface area contributed by atoms with Crippen LogP contribution in [0.3, 0.4) is 0 Å². The standard InChI is InChI=1S/C18H27FN2O.ClH/c1-14(6-7-15-4-3-5-17(19)12-15)18(22)21-10-8-16(9-11-21)13-20-2;/h3-5,12,14,16,20H,6-11,13H2,1-2H3;1H. The van der Waals surface area contributed by atoms with E-state index in [2.05, 4.69) is 5.32 Å². The number of nitrogens with zero attached hydrogens (tertiary/aromatic N) is 1. The van der Waals surface area contributed by atoms with Crippen molar-refractivity contribution in [1.82, 2.24) is 10.2 Å². The molecule has 1 N–H and O–H groups in total. The van der Waals surface area contributed by atoms with Gasteiger partial charge in [0, 0.05) is 19.0 Å². The van der Waals surface area contributed by atoms with Gasteiger partial charge in [0.25, 0.3) is 0 Å². The first kappa shape index (κ1) is 19.9. The second kappa shape index (κ2) is 9.89. The third-order valence-electron chi connectivity index (χ3n) is 4.60. The summed E-state index contributed by atoms with van der Waals surface area (Å²) >= 11 is 0. The number of carbonyl (C=O) groups is 1. The van der Waals surface area contributed by atoms with Gasteiger partial charge in [-0.2, -0.15) is 0 Å². The van der Waals surface area contributed by atoms with Gasteiger partial charge in [-0.25, -0.2) is 4.39 Å². The number of hydrogen-bond donors (Lipinski definition) is 1. The third kappa shape index (κ3) is 6.11. The smallest absolute Gasteiger partial charge is 0.225 e. The number of nitrogens with one attached hydrogen (secondary N) is 1. The lowest BCUT2D eigenvalue weighted by atomic mass is 9.94. The van der Waals surface area contributed by atoms with Crippen LogP contribution in [-0.4, -0.2) is 37.5 Å². The fourth-order valence-corrected chi connectivity index (χ4v) is 3.16. The fourth-order valence-electron chi connectivity index (χ4n) is 3.16. The van der Waals surface area contributed by atoms with Crippen molar-refractivity contribution in [2.75, 3.05) is 26.7 Å². The molecule has 0 bridgehead atoms. The molecule has 3 nitrogen and oxygen atoms in total. The van der Waals surface area contributed by atoms with Crippen LogP contribution in [0.25, 0.3) is 0 Å². The highest BCUT2D eigenvalue weighted by molar-refractivity contribution is 5.85. The molecule has 1 saturated heterocycles. The van der Waals surface area contributed by atoms with Gasteiger partial charge in [0.1, 0.15) is 5.82 Å². The monoisotopic (exact) mass is 342 g/mol. The molecule has 0 aliphatic carbocycles. The van der Waals surface area contributed by atoms with E-state index in [1.54, 1.807) is 12.1 Å². The molecule has 1 aromatic carbocycles. The van der Waals surface area contributed by atoms with Crippen LogP contribution in [0, 0.1) is 17.7 Å². The molecular formula is C18H28ClFN2O. The first-order valence-corrected chi connectivity index (χ1v) is 8.28. The third-order valence-corrected chi connectivity index (χ3v) is 4.60. The Balaban J connectivity index is 0.00000264. The van der Waals surface area contributed by atoms with Crippen molar-refractivity contribution < 1.29 is 9.18 Å². The zero-order valence-electron chi connectivity index (χ0n) is 14.1. The minimum Gasteiger partial charge on any atom is -0.342 e. The van der Waals surface area contributed by atoms with E-state index in [1.165, 1.54) is 6.07 Å². The lowest BCUT2D eigenvalue weighted by molar-refractivity contribution is -0.136. The summed E-state index contributed by atoms with van der Waals surface area (Å²) in [6, 6.07) is 6.65. The Morgan fingerprint density at radius 3 is 2.70 bits per heavy atom. The first-order valence-electron chi connectivity index (χ1n) is 8.28. The van der Waals surface area contributed by atoms with Gasteiger partial charge in [-0.15, -0.1) is 12.4 Å². The summed E-state index contributed by atoms with van der Waals surface area (Å²) in [5, 5.41) is 3.21.